The quantitative estimate of drug-likeness (QED) is 0.611. The highest BCUT2D eigenvalue weighted by Crippen LogP contribution is 2.43. The van der Waals surface area contributed by atoms with Gasteiger partial charge in [-0.05, 0) is 43.1 Å². The number of benzene rings is 1. The predicted molar refractivity (Wildman–Crippen MR) is 107 cm³/mol. The van der Waals surface area contributed by atoms with Crippen LogP contribution in [0, 0.1) is 24.7 Å². The smallest absolute Gasteiger partial charge is 0.414 e. The summed E-state index contributed by atoms with van der Waals surface area (Å²) in [5, 5.41) is 14.8. The summed E-state index contributed by atoms with van der Waals surface area (Å²) in [7, 11) is 0. The molecule has 1 aromatic carbocycles. The van der Waals surface area contributed by atoms with Crippen LogP contribution in [0.15, 0.2) is 36.4 Å². The summed E-state index contributed by atoms with van der Waals surface area (Å²) in [6.45, 7) is 9.60. The Morgan fingerprint density at radius 2 is 1.68 bits per heavy atom. The van der Waals surface area contributed by atoms with Crippen molar-refractivity contribution in [3.8, 4) is 0 Å². The maximum atomic E-state index is 9.10. The fourth-order valence-corrected chi connectivity index (χ4v) is 4.63. The number of aliphatic carboxylic acids is 2. The molecule has 152 valence electrons. The normalized spacial score (nSPS) is 26.7. The van der Waals surface area contributed by atoms with E-state index in [0.29, 0.717) is 0 Å². The average molecular weight is 386 g/mol. The molecule has 0 spiro atoms. The van der Waals surface area contributed by atoms with E-state index in [2.05, 4.69) is 53.1 Å². The first kappa shape index (κ1) is 20.6. The Balaban J connectivity index is 0.000000330. The van der Waals surface area contributed by atoms with E-state index in [-0.39, 0.29) is 0 Å². The van der Waals surface area contributed by atoms with Gasteiger partial charge in [-0.1, -0.05) is 42.0 Å². The maximum absolute atomic E-state index is 9.10. The molecule has 3 atom stereocenters. The molecule has 6 nitrogen and oxygen atoms in total. The van der Waals surface area contributed by atoms with Crippen LogP contribution in [0.1, 0.15) is 24.0 Å². The Labute approximate surface area is 166 Å². The molecular formula is C22H30N2O4. The molecule has 1 aromatic rings. The SMILES string of the molecule is Cc1cccc(CN2CCN(CC3CC4C=CC3C4)CC2)c1.O=C(O)C(=O)O. The number of nitrogens with zero attached hydrogens (tertiary/aromatic N) is 2. The largest absolute Gasteiger partial charge is 0.473 e. The first-order valence-electron chi connectivity index (χ1n) is 10.1. The van der Waals surface area contributed by atoms with Crippen LogP contribution in [-0.4, -0.2) is 64.7 Å². The molecule has 0 amide bonds. The van der Waals surface area contributed by atoms with E-state index in [0.717, 1.165) is 24.3 Å². The number of hydrogen-bond acceptors (Lipinski definition) is 4. The van der Waals surface area contributed by atoms with Crippen molar-refractivity contribution < 1.29 is 19.8 Å². The lowest BCUT2D eigenvalue weighted by atomic mass is 9.93. The molecule has 0 aromatic heterocycles. The van der Waals surface area contributed by atoms with Crippen molar-refractivity contribution in [2.45, 2.75) is 26.3 Å². The Hall–Kier alpha value is -2.18. The minimum atomic E-state index is -1.82. The maximum Gasteiger partial charge on any atom is 0.414 e. The Morgan fingerprint density at radius 3 is 2.21 bits per heavy atom. The minimum absolute atomic E-state index is 0.898. The lowest BCUT2D eigenvalue weighted by Crippen LogP contribution is -2.47. The average Bonchev–Trinajstić information content (AvgIpc) is 3.27. The monoisotopic (exact) mass is 386 g/mol. The number of piperazine rings is 1. The van der Waals surface area contributed by atoms with Gasteiger partial charge in [-0.15, -0.1) is 0 Å². The third-order valence-corrected chi connectivity index (χ3v) is 6.05. The van der Waals surface area contributed by atoms with Gasteiger partial charge < -0.3 is 15.1 Å². The van der Waals surface area contributed by atoms with E-state index in [1.165, 1.54) is 56.7 Å². The molecule has 1 saturated carbocycles. The molecule has 2 bridgehead atoms. The van der Waals surface area contributed by atoms with Crippen molar-refractivity contribution in [2.24, 2.45) is 17.8 Å². The van der Waals surface area contributed by atoms with Crippen LogP contribution < -0.4 is 0 Å². The molecule has 6 heteroatoms. The number of carboxylic acid groups (broad SMARTS) is 2. The first-order valence-corrected chi connectivity index (χ1v) is 10.1. The standard InChI is InChI=1S/C20H28N2.C2H2O4/c1-16-3-2-4-18(11-16)14-21-7-9-22(10-8-21)15-20-13-17-5-6-19(20)12-17;3-1(4)2(5)6/h2-6,11,17,19-20H,7-10,12-15H2,1H3;(H,3,4)(H,5,6). The highest BCUT2D eigenvalue weighted by molar-refractivity contribution is 6.27. The molecule has 28 heavy (non-hydrogen) atoms. The minimum Gasteiger partial charge on any atom is -0.473 e. The van der Waals surface area contributed by atoms with Gasteiger partial charge in [0, 0.05) is 39.3 Å². The zero-order valence-corrected chi connectivity index (χ0v) is 16.5. The summed E-state index contributed by atoms with van der Waals surface area (Å²) in [6.07, 6.45) is 7.84. The molecule has 1 heterocycles. The second-order valence-corrected chi connectivity index (χ2v) is 8.22. The zero-order valence-electron chi connectivity index (χ0n) is 16.5. The number of hydrogen-bond donors (Lipinski definition) is 2. The second kappa shape index (κ2) is 9.34. The van der Waals surface area contributed by atoms with E-state index in [9.17, 15) is 0 Å². The van der Waals surface area contributed by atoms with Gasteiger partial charge >= 0.3 is 11.9 Å². The van der Waals surface area contributed by atoms with Crippen LogP contribution in [-0.2, 0) is 16.1 Å². The number of fused-ring (bicyclic) bond motifs is 2. The van der Waals surface area contributed by atoms with Gasteiger partial charge in [-0.25, -0.2) is 9.59 Å². The first-order chi connectivity index (χ1) is 13.4. The van der Waals surface area contributed by atoms with Crippen LogP contribution in [0.5, 0.6) is 0 Å². The summed E-state index contributed by atoms with van der Waals surface area (Å²) in [4.78, 5) is 23.5. The van der Waals surface area contributed by atoms with Gasteiger partial charge in [-0.2, -0.15) is 0 Å². The second-order valence-electron chi connectivity index (χ2n) is 8.22. The number of rotatable bonds is 4. The van der Waals surface area contributed by atoms with E-state index >= 15 is 0 Å². The predicted octanol–water partition coefficient (Wildman–Crippen LogP) is 2.48. The van der Waals surface area contributed by atoms with Gasteiger partial charge in [0.2, 0.25) is 0 Å². The van der Waals surface area contributed by atoms with E-state index in [1.807, 2.05) is 0 Å². The van der Waals surface area contributed by atoms with E-state index in [4.69, 9.17) is 19.8 Å². The number of aryl methyl sites for hydroxylation is 1. The molecule has 2 aliphatic carbocycles. The summed E-state index contributed by atoms with van der Waals surface area (Å²) >= 11 is 0. The van der Waals surface area contributed by atoms with Crippen LogP contribution in [0.4, 0.5) is 0 Å². The Bertz CT molecular complexity index is 713. The summed E-state index contributed by atoms with van der Waals surface area (Å²) in [6, 6.07) is 8.96. The number of allylic oxidation sites excluding steroid dienone is 2. The molecule has 4 rings (SSSR count). The molecule has 1 aliphatic heterocycles. The molecule has 1 saturated heterocycles. The van der Waals surface area contributed by atoms with Crippen LogP contribution >= 0.6 is 0 Å². The van der Waals surface area contributed by atoms with Crippen LogP contribution in [0.3, 0.4) is 0 Å². The number of carboxylic acids is 2. The van der Waals surface area contributed by atoms with Gasteiger partial charge in [0.05, 0.1) is 0 Å². The number of carbonyl (C=O) groups is 2. The third-order valence-electron chi connectivity index (χ3n) is 6.05. The summed E-state index contributed by atoms with van der Waals surface area (Å²) in [5.74, 6) is -0.892. The van der Waals surface area contributed by atoms with Gasteiger partial charge in [-0.3, -0.25) is 4.90 Å². The fourth-order valence-electron chi connectivity index (χ4n) is 4.63. The van der Waals surface area contributed by atoms with E-state index in [1.54, 1.807) is 0 Å². The molecular weight excluding hydrogens is 356 g/mol. The fraction of sp³-hybridized carbons (Fsp3) is 0.545. The summed E-state index contributed by atoms with van der Waals surface area (Å²) < 4.78 is 0. The van der Waals surface area contributed by atoms with Crippen molar-refractivity contribution >= 4 is 11.9 Å². The molecule has 3 aliphatic rings. The molecule has 0 radical (unpaired) electrons. The van der Waals surface area contributed by atoms with Crippen molar-refractivity contribution in [2.75, 3.05) is 32.7 Å². The molecule has 2 N–H and O–H groups in total. The lowest BCUT2D eigenvalue weighted by Gasteiger charge is -2.37. The molecule has 2 fully saturated rings. The van der Waals surface area contributed by atoms with Gasteiger partial charge in [0.1, 0.15) is 0 Å². The van der Waals surface area contributed by atoms with Crippen LogP contribution in [0.2, 0.25) is 0 Å². The van der Waals surface area contributed by atoms with Crippen molar-refractivity contribution in [3.05, 3.63) is 47.5 Å². The van der Waals surface area contributed by atoms with Crippen molar-refractivity contribution in [3.63, 3.8) is 0 Å². The third kappa shape index (κ3) is 5.66. The lowest BCUT2D eigenvalue weighted by molar-refractivity contribution is -0.159. The van der Waals surface area contributed by atoms with Gasteiger partial charge in [0.25, 0.3) is 0 Å². The van der Waals surface area contributed by atoms with Crippen molar-refractivity contribution in [1.82, 2.24) is 9.80 Å². The zero-order chi connectivity index (χ0) is 20.1. The Kier molecular flexibility index (Phi) is 6.86. The highest BCUT2D eigenvalue weighted by Gasteiger charge is 2.36. The van der Waals surface area contributed by atoms with Crippen LogP contribution in [0.25, 0.3) is 0 Å². The van der Waals surface area contributed by atoms with Crippen molar-refractivity contribution in [1.29, 1.82) is 0 Å². The van der Waals surface area contributed by atoms with E-state index < -0.39 is 11.9 Å². The Morgan fingerprint density at radius 1 is 1.00 bits per heavy atom. The summed E-state index contributed by atoms with van der Waals surface area (Å²) in [5.41, 5.74) is 2.84. The highest BCUT2D eigenvalue weighted by atomic mass is 16.4. The molecule has 3 unspecified atom stereocenters. The van der Waals surface area contributed by atoms with Gasteiger partial charge in [0.15, 0.2) is 0 Å². The topological polar surface area (TPSA) is 81.1 Å².